The zero-order valence-electron chi connectivity index (χ0n) is 14.4. The van der Waals surface area contributed by atoms with Crippen LogP contribution in [-0.4, -0.2) is 63.8 Å². The van der Waals surface area contributed by atoms with Crippen LogP contribution in [0, 0.1) is 5.92 Å². The van der Waals surface area contributed by atoms with Gasteiger partial charge < -0.3 is 10.2 Å². The Bertz CT molecular complexity index is 626. The van der Waals surface area contributed by atoms with Crippen molar-refractivity contribution in [3.05, 3.63) is 30.3 Å². The van der Waals surface area contributed by atoms with Crippen LogP contribution in [0.1, 0.15) is 19.3 Å². The van der Waals surface area contributed by atoms with Gasteiger partial charge >= 0.3 is 0 Å². The maximum atomic E-state index is 12.5. The number of piperidine rings is 1. The zero-order chi connectivity index (χ0) is 17.6. The Morgan fingerprint density at radius 1 is 1.25 bits per heavy atom. The first-order valence-electron chi connectivity index (χ1n) is 8.39. The van der Waals surface area contributed by atoms with Crippen LogP contribution in [0.5, 0.6) is 0 Å². The highest BCUT2D eigenvalue weighted by Crippen LogP contribution is 2.20. The molecule has 1 aliphatic rings. The van der Waals surface area contributed by atoms with Gasteiger partial charge in [0.25, 0.3) is 0 Å². The fourth-order valence-corrected chi connectivity index (χ4v) is 4.11. The van der Waals surface area contributed by atoms with E-state index >= 15 is 0 Å². The van der Waals surface area contributed by atoms with Crippen LogP contribution >= 0.6 is 0 Å². The van der Waals surface area contributed by atoms with Crippen molar-refractivity contribution in [2.45, 2.75) is 24.2 Å². The molecule has 1 amide bonds. The maximum Gasteiger partial charge on any atom is 0.243 e. The number of nitrogens with zero attached hydrogens (tertiary/aromatic N) is 2. The molecule has 24 heavy (non-hydrogen) atoms. The minimum Gasteiger partial charge on any atom is -0.342 e. The lowest BCUT2D eigenvalue weighted by Crippen LogP contribution is -2.44. The van der Waals surface area contributed by atoms with Crippen molar-refractivity contribution in [1.29, 1.82) is 0 Å². The third kappa shape index (κ3) is 4.78. The van der Waals surface area contributed by atoms with E-state index < -0.39 is 10.0 Å². The molecule has 0 radical (unpaired) electrons. The fourth-order valence-electron chi connectivity index (χ4n) is 2.97. The summed E-state index contributed by atoms with van der Waals surface area (Å²) in [6.07, 6.45) is 3.10. The number of rotatable bonds is 7. The maximum absolute atomic E-state index is 12.5. The highest BCUT2D eigenvalue weighted by molar-refractivity contribution is 7.89. The predicted molar refractivity (Wildman–Crippen MR) is 94.1 cm³/mol. The van der Waals surface area contributed by atoms with Crippen LogP contribution < -0.4 is 5.32 Å². The van der Waals surface area contributed by atoms with E-state index in [0.717, 1.165) is 30.1 Å². The van der Waals surface area contributed by atoms with Crippen molar-refractivity contribution < 1.29 is 13.2 Å². The van der Waals surface area contributed by atoms with E-state index in [1.807, 2.05) is 7.05 Å². The number of hydrogen-bond donors (Lipinski definition) is 1. The first-order valence-corrected chi connectivity index (χ1v) is 9.83. The standard InChI is InChI=1S/C17H27N3O3S/c1-18-11-8-15-9-12-20(13-10-15)17(21)14-19(2)24(22,23)16-6-4-3-5-7-16/h3-7,15,18H,8-14H2,1-2H3. The van der Waals surface area contributed by atoms with Gasteiger partial charge in [-0.05, 0) is 50.9 Å². The Morgan fingerprint density at radius 2 is 1.88 bits per heavy atom. The van der Waals surface area contributed by atoms with Crippen LogP contribution in [0.2, 0.25) is 0 Å². The number of likely N-dealkylation sites (N-methyl/N-ethyl adjacent to an activating group) is 1. The number of nitrogens with one attached hydrogen (secondary N) is 1. The SMILES string of the molecule is CNCCC1CCN(C(=O)CN(C)S(=O)(=O)c2ccccc2)CC1. The second-order valence-electron chi connectivity index (χ2n) is 6.29. The van der Waals surface area contributed by atoms with E-state index in [-0.39, 0.29) is 17.3 Å². The molecule has 0 atom stereocenters. The highest BCUT2D eigenvalue weighted by Gasteiger charge is 2.27. The topological polar surface area (TPSA) is 69.7 Å². The molecule has 134 valence electrons. The van der Waals surface area contributed by atoms with Crippen molar-refractivity contribution in [3.8, 4) is 0 Å². The summed E-state index contributed by atoms with van der Waals surface area (Å²) in [4.78, 5) is 14.4. The summed E-state index contributed by atoms with van der Waals surface area (Å²) in [5, 5.41) is 3.15. The van der Waals surface area contributed by atoms with Crippen LogP contribution in [0.4, 0.5) is 0 Å². The molecule has 0 bridgehead atoms. The second-order valence-corrected chi connectivity index (χ2v) is 8.34. The molecule has 1 heterocycles. The smallest absolute Gasteiger partial charge is 0.243 e. The average molecular weight is 353 g/mol. The minimum atomic E-state index is -3.62. The highest BCUT2D eigenvalue weighted by atomic mass is 32.2. The van der Waals surface area contributed by atoms with Gasteiger partial charge in [-0.1, -0.05) is 18.2 Å². The lowest BCUT2D eigenvalue weighted by Gasteiger charge is -2.33. The van der Waals surface area contributed by atoms with Crippen LogP contribution in [0.3, 0.4) is 0 Å². The first kappa shape index (κ1) is 18.9. The number of sulfonamides is 1. The molecule has 0 spiro atoms. The van der Waals surface area contributed by atoms with Gasteiger partial charge in [0.05, 0.1) is 11.4 Å². The molecule has 1 fully saturated rings. The second kappa shape index (κ2) is 8.60. The number of carbonyl (C=O) groups is 1. The number of likely N-dealkylation sites (tertiary alicyclic amines) is 1. The summed E-state index contributed by atoms with van der Waals surface area (Å²) < 4.78 is 26.1. The molecule has 0 saturated carbocycles. The van der Waals surface area contributed by atoms with Gasteiger partial charge in [0.2, 0.25) is 15.9 Å². The molecular weight excluding hydrogens is 326 g/mol. The summed E-state index contributed by atoms with van der Waals surface area (Å²) >= 11 is 0. The van der Waals surface area contributed by atoms with E-state index in [9.17, 15) is 13.2 Å². The average Bonchev–Trinajstić information content (AvgIpc) is 2.61. The Morgan fingerprint density at radius 3 is 2.46 bits per heavy atom. The normalized spacial score (nSPS) is 16.5. The lowest BCUT2D eigenvalue weighted by molar-refractivity contribution is -0.132. The van der Waals surface area contributed by atoms with Crippen molar-refractivity contribution in [1.82, 2.24) is 14.5 Å². The number of benzene rings is 1. The first-order chi connectivity index (χ1) is 11.4. The molecule has 1 saturated heterocycles. The third-order valence-corrected chi connectivity index (χ3v) is 6.40. The largest absolute Gasteiger partial charge is 0.342 e. The van der Waals surface area contributed by atoms with Crippen LogP contribution in [0.25, 0.3) is 0 Å². The summed E-state index contributed by atoms with van der Waals surface area (Å²) in [6, 6.07) is 8.21. The Labute approximate surface area is 144 Å². The summed E-state index contributed by atoms with van der Waals surface area (Å²) in [5.41, 5.74) is 0. The Balaban J connectivity index is 1.88. The molecule has 7 heteroatoms. The van der Waals surface area contributed by atoms with Gasteiger partial charge in [0.1, 0.15) is 0 Å². The monoisotopic (exact) mass is 353 g/mol. The molecule has 1 N–H and O–H groups in total. The van der Waals surface area contributed by atoms with Gasteiger partial charge in [0.15, 0.2) is 0 Å². The minimum absolute atomic E-state index is 0.113. The predicted octanol–water partition coefficient (Wildman–Crippen LogP) is 1.16. The van der Waals surface area contributed by atoms with Crippen LogP contribution in [0.15, 0.2) is 35.2 Å². The molecular formula is C17H27N3O3S. The van der Waals surface area contributed by atoms with Crippen molar-refractivity contribution in [2.24, 2.45) is 5.92 Å². The molecule has 0 aromatic heterocycles. The van der Waals surface area contributed by atoms with E-state index in [1.54, 1.807) is 35.2 Å². The number of hydrogen-bond acceptors (Lipinski definition) is 4. The third-order valence-electron chi connectivity index (χ3n) is 4.58. The van der Waals surface area contributed by atoms with E-state index in [4.69, 9.17) is 0 Å². The Kier molecular flexibility index (Phi) is 6.77. The molecule has 0 unspecified atom stereocenters. The number of carbonyl (C=O) groups excluding carboxylic acids is 1. The van der Waals surface area contributed by atoms with Crippen molar-refractivity contribution in [2.75, 3.05) is 40.3 Å². The van der Waals surface area contributed by atoms with Crippen molar-refractivity contribution in [3.63, 3.8) is 0 Å². The van der Waals surface area contributed by atoms with E-state index in [2.05, 4.69) is 5.32 Å². The van der Waals surface area contributed by atoms with Gasteiger partial charge in [0, 0.05) is 20.1 Å². The van der Waals surface area contributed by atoms with Gasteiger partial charge in [-0.3, -0.25) is 4.79 Å². The molecule has 1 aliphatic heterocycles. The Hall–Kier alpha value is -1.44. The fraction of sp³-hybridized carbons (Fsp3) is 0.588. The summed E-state index contributed by atoms with van der Waals surface area (Å²) in [7, 11) is -0.214. The molecule has 1 aromatic rings. The van der Waals surface area contributed by atoms with Gasteiger partial charge in [-0.25, -0.2) is 8.42 Å². The molecule has 0 aliphatic carbocycles. The van der Waals surface area contributed by atoms with E-state index in [0.29, 0.717) is 19.0 Å². The van der Waals surface area contributed by atoms with Crippen molar-refractivity contribution >= 4 is 15.9 Å². The molecule has 6 nitrogen and oxygen atoms in total. The quantitative estimate of drug-likeness (QED) is 0.798. The van der Waals surface area contributed by atoms with Gasteiger partial charge in [-0.2, -0.15) is 4.31 Å². The molecule has 2 rings (SSSR count). The number of amides is 1. The molecule has 1 aromatic carbocycles. The summed E-state index contributed by atoms with van der Waals surface area (Å²) in [5.74, 6) is 0.524. The van der Waals surface area contributed by atoms with Crippen LogP contribution in [-0.2, 0) is 14.8 Å². The zero-order valence-corrected chi connectivity index (χ0v) is 15.3. The summed E-state index contributed by atoms with van der Waals surface area (Å²) in [6.45, 7) is 2.31. The van der Waals surface area contributed by atoms with Gasteiger partial charge in [-0.15, -0.1) is 0 Å². The lowest BCUT2D eigenvalue weighted by atomic mass is 9.93. The van der Waals surface area contributed by atoms with E-state index in [1.165, 1.54) is 7.05 Å².